The third-order valence-corrected chi connectivity index (χ3v) is 8.86. The van der Waals surface area contributed by atoms with Crippen molar-refractivity contribution in [2.24, 2.45) is 0 Å². The van der Waals surface area contributed by atoms with E-state index in [4.69, 9.17) is 0 Å². The summed E-state index contributed by atoms with van der Waals surface area (Å²) in [4.78, 5) is 0. The molecule has 46 heavy (non-hydrogen) atoms. The van der Waals surface area contributed by atoms with Crippen LogP contribution in [0.1, 0.15) is 172 Å². The molecule has 0 aliphatic heterocycles. The van der Waals surface area contributed by atoms with Crippen LogP contribution in [0.2, 0.25) is 0 Å². The van der Waals surface area contributed by atoms with E-state index >= 15 is 0 Å². The van der Waals surface area contributed by atoms with Gasteiger partial charge in [-0.3, -0.25) is 0 Å². The second-order valence-electron chi connectivity index (χ2n) is 14.5. The van der Waals surface area contributed by atoms with E-state index < -0.39 is 5.60 Å². The Morgan fingerprint density at radius 2 is 0.630 bits per heavy atom. The summed E-state index contributed by atoms with van der Waals surface area (Å²) in [6.45, 7) is 25.8. The van der Waals surface area contributed by atoms with Crippen molar-refractivity contribution in [2.75, 3.05) is 0 Å². The number of hydrogen-bond acceptors (Lipinski definition) is 1. The van der Waals surface area contributed by atoms with Crippen molar-refractivity contribution >= 4 is 0 Å². The molecule has 0 aromatic heterocycles. The molecule has 0 saturated heterocycles. The van der Waals surface area contributed by atoms with Crippen molar-refractivity contribution in [2.45, 2.75) is 178 Å². The van der Waals surface area contributed by atoms with Gasteiger partial charge >= 0.3 is 0 Å². The first-order chi connectivity index (χ1) is 21.7. The Kier molecular flexibility index (Phi) is 25.3. The predicted molar refractivity (Wildman–Crippen MR) is 210 cm³/mol. The Morgan fingerprint density at radius 1 is 0.413 bits per heavy atom. The lowest BCUT2D eigenvalue weighted by atomic mass is 9.99. The normalized spacial score (nSPS) is 15.7. The van der Waals surface area contributed by atoms with Crippen molar-refractivity contribution in [3.05, 3.63) is 106 Å². The zero-order valence-electron chi connectivity index (χ0n) is 32.2. The van der Waals surface area contributed by atoms with E-state index in [1.807, 2.05) is 6.92 Å². The summed E-state index contributed by atoms with van der Waals surface area (Å²) in [7, 11) is 0. The van der Waals surface area contributed by atoms with Crippen LogP contribution in [-0.4, -0.2) is 10.7 Å². The summed E-state index contributed by atoms with van der Waals surface area (Å²) in [5.74, 6) is 0. The van der Waals surface area contributed by atoms with Gasteiger partial charge in [0.15, 0.2) is 0 Å². The van der Waals surface area contributed by atoms with Crippen molar-refractivity contribution in [3.63, 3.8) is 0 Å². The van der Waals surface area contributed by atoms with Crippen LogP contribution < -0.4 is 0 Å². The van der Waals surface area contributed by atoms with Gasteiger partial charge < -0.3 is 5.11 Å². The molecule has 1 nitrogen and oxygen atoms in total. The maximum Gasteiger partial charge on any atom is 0.0800 e. The zero-order chi connectivity index (χ0) is 34.8. The van der Waals surface area contributed by atoms with E-state index in [0.717, 1.165) is 64.2 Å². The van der Waals surface area contributed by atoms with Gasteiger partial charge in [-0.1, -0.05) is 99.3 Å². The quantitative estimate of drug-likeness (QED) is 0.0995. The average molecular weight is 631 g/mol. The minimum Gasteiger partial charge on any atom is -0.386 e. The highest BCUT2D eigenvalue weighted by atomic mass is 16.3. The Labute approximate surface area is 287 Å². The molecule has 1 atom stereocenters. The number of aliphatic hydroxyl groups is 1. The summed E-state index contributed by atoms with van der Waals surface area (Å²) >= 11 is 0. The number of hydrogen-bond donors (Lipinski definition) is 1. The monoisotopic (exact) mass is 631 g/mol. The van der Waals surface area contributed by atoms with Gasteiger partial charge in [0.25, 0.3) is 0 Å². The lowest BCUT2D eigenvalue weighted by Crippen LogP contribution is -2.19. The van der Waals surface area contributed by atoms with Crippen molar-refractivity contribution in [1.82, 2.24) is 0 Å². The molecule has 0 amide bonds. The van der Waals surface area contributed by atoms with Gasteiger partial charge in [0.1, 0.15) is 0 Å². The second-order valence-corrected chi connectivity index (χ2v) is 14.5. The standard InChI is InChI=1S/C45H74O/c1-12-45(11,46)36-20-35-44(10)34-19-33-43(9)32-18-31-42(8)30-17-29-41(7)28-16-27-40(6)26-15-25-39(5)24-14-23-38(4)22-13-21-37(2)3/h12,21,23,25,27,29,31,33,35,46H,1,13-20,22,24,26,28,30,32,34,36H2,2-11H3. The summed E-state index contributed by atoms with van der Waals surface area (Å²) < 4.78 is 0. The van der Waals surface area contributed by atoms with E-state index in [-0.39, 0.29) is 0 Å². The zero-order valence-corrected chi connectivity index (χ0v) is 32.2. The third kappa shape index (κ3) is 27.9. The summed E-state index contributed by atoms with van der Waals surface area (Å²) in [5, 5.41) is 10.0. The van der Waals surface area contributed by atoms with Crippen LogP contribution in [0.3, 0.4) is 0 Å². The minimum atomic E-state index is -0.759. The molecule has 0 radical (unpaired) electrons. The van der Waals surface area contributed by atoms with Crippen molar-refractivity contribution < 1.29 is 5.11 Å². The van der Waals surface area contributed by atoms with Gasteiger partial charge in [-0.05, 0) is 172 Å². The average Bonchev–Trinajstić information content (AvgIpc) is 2.97. The third-order valence-electron chi connectivity index (χ3n) is 8.86. The molecule has 0 heterocycles. The largest absolute Gasteiger partial charge is 0.386 e. The summed E-state index contributed by atoms with van der Waals surface area (Å²) in [5.41, 5.74) is 11.2. The fourth-order valence-corrected chi connectivity index (χ4v) is 5.29. The summed E-state index contributed by atoms with van der Waals surface area (Å²) in [6.07, 6.45) is 38.6. The van der Waals surface area contributed by atoms with E-state index in [1.165, 1.54) is 83.1 Å². The fraction of sp³-hybridized carbons (Fsp3) is 0.600. The SMILES string of the molecule is C=CC(C)(O)CCC=C(C)CCC=C(C)CCC=C(C)CCC=C(C)CCC=C(C)CCC=C(C)CCC=C(C)CCC=C(C)C. The maximum absolute atomic E-state index is 10.0. The smallest absolute Gasteiger partial charge is 0.0800 e. The van der Waals surface area contributed by atoms with E-state index in [0.29, 0.717) is 0 Å². The molecule has 1 N–H and O–H groups in total. The molecule has 0 spiro atoms. The molecule has 0 aromatic rings. The van der Waals surface area contributed by atoms with Gasteiger partial charge in [0.05, 0.1) is 5.60 Å². The van der Waals surface area contributed by atoms with Crippen molar-refractivity contribution in [1.29, 1.82) is 0 Å². The van der Waals surface area contributed by atoms with Crippen LogP contribution >= 0.6 is 0 Å². The van der Waals surface area contributed by atoms with Crippen LogP contribution in [0.4, 0.5) is 0 Å². The van der Waals surface area contributed by atoms with Gasteiger partial charge in [0, 0.05) is 0 Å². The van der Waals surface area contributed by atoms with Gasteiger partial charge in [-0.15, -0.1) is 6.58 Å². The molecule has 0 bridgehead atoms. The molecule has 0 rings (SSSR count). The first kappa shape index (κ1) is 43.6. The molecule has 0 aliphatic rings. The molecular formula is C45H74O. The van der Waals surface area contributed by atoms with Crippen LogP contribution in [-0.2, 0) is 0 Å². The Bertz CT molecular complexity index is 1100. The molecule has 1 heteroatoms. The summed E-state index contributed by atoms with van der Waals surface area (Å²) in [6, 6.07) is 0. The first-order valence-corrected chi connectivity index (χ1v) is 18.3. The van der Waals surface area contributed by atoms with Crippen LogP contribution in [0.25, 0.3) is 0 Å². The molecule has 0 saturated carbocycles. The minimum absolute atomic E-state index is 0.732. The fourth-order valence-electron chi connectivity index (χ4n) is 5.29. The van der Waals surface area contributed by atoms with E-state index in [9.17, 15) is 5.11 Å². The second kappa shape index (κ2) is 26.7. The maximum atomic E-state index is 10.0. The Hall–Kier alpha value is -2.38. The Balaban J connectivity index is 4.23. The van der Waals surface area contributed by atoms with Gasteiger partial charge in [-0.25, -0.2) is 0 Å². The molecule has 0 aliphatic carbocycles. The van der Waals surface area contributed by atoms with Crippen LogP contribution in [0.5, 0.6) is 0 Å². The highest BCUT2D eigenvalue weighted by Gasteiger charge is 2.13. The van der Waals surface area contributed by atoms with Crippen LogP contribution in [0, 0.1) is 0 Å². The molecular weight excluding hydrogens is 556 g/mol. The molecule has 260 valence electrons. The van der Waals surface area contributed by atoms with Gasteiger partial charge in [-0.2, -0.15) is 0 Å². The molecule has 0 fully saturated rings. The van der Waals surface area contributed by atoms with Gasteiger partial charge in [0.2, 0.25) is 0 Å². The van der Waals surface area contributed by atoms with E-state index in [2.05, 4.69) is 118 Å². The molecule has 1 unspecified atom stereocenters. The highest BCUT2D eigenvalue weighted by molar-refractivity contribution is 5.10. The lowest BCUT2D eigenvalue weighted by Gasteiger charge is -2.16. The number of allylic oxidation sites excluding steroid dienone is 16. The highest BCUT2D eigenvalue weighted by Crippen LogP contribution is 2.18. The number of rotatable bonds is 25. The van der Waals surface area contributed by atoms with Crippen LogP contribution in [0.15, 0.2) is 106 Å². The topological polar surface area (TPSA) is 20.2 Å². The van der Waals surface area contributed by atoms with Crippen molar-refractivity contribution in [3.8, 4) is 0 Å². The molecule has 0 aromatic carbocycles. The predicted octanol–water partition coefficient (Wildman–Crippen LogP) is 14.8. The lowest BCUT2D eigenvalue weighted by molar-refractivity contribution is 0.103. The Morgan fingerprint density at radius 3 is 0.848 bits per heavy atom. The van der Waals surface area contributed by atoms with E-state index in [1.54, 1.807) is 6.08 Å². The first-order valence-electron chi connectivity index (χ1n) is 18.3.